The Morgan fingerprint density at radius 1 is 1.23 bits per heavy atom. The number of nitrogens with zero attached hydrogens (tertiary/aromatic N) is 3. The van der Waals surface area contributed by atoms with E-state index in [1.807, 2.05) is 29.2 Å². The van der Waals surface area contributed by atoms with Gasteiger partial charge in [0.15, 0.2) is 5.58 Å². The van der Waals surface area contributed by atoms with Crippen LogP contribution in [0.5, 0.6) is 0 Å². The summed E-state index contributed by atoms with van der Waals surface area (Å²) in [5, 5.41) is 0.533. The highest BCUT2D eigenvalue weighted by molar-refractivity contribution is 7.99. The van der Waals surface area contributed by atoms with Gasteiger partial charge in [-0.3, -0.25) is 14.5 Å². The van der Waals surface area contributed by atoms with Crippen molar-refractivity contribution in [3.8, 4) is 0 Å². The minimum Gasteiger partial charge on any atom is -0.431 e. The molecular weight excluding hydrogens is 352 g/mol. The molecule has 2 aliphatic heterocycles. The Hall–Kier alpha value is -2.06. The monoisotopic (exact) mass is 374 g/mol. The van der Waals surface area contributed by atoms with Crippen LogP contribution >= 0.6 is 11.8 Å². The van der Waals surface area contributed by atoms with E-state index in [2.05, 4.69) is 9.88 Å². The van der Waals surface area contributed by atoms with Crippen LogP contribution in [0.4, 0.5) is 0 Å². The molecule has 26 heavy (non-hydrogen) atoms. The number of para-hydroxylation sites is 2. The molecule has 7 nitrogen and oxygen atoms in total. The molecule has 1 aromatic heterocycles. The van der Waals surface area contributed by atoms with Gasteiger partial charge in [0.05, 0.1) is 5.75 Å². The SMILES string of the molecule is NC(=O)C1CCN(C2CN(C(=O)CSc3nc4ccccc4o3)C2)CC1. The molecule has 2 aliphatic rings. The average Bonchev–Trinajstić information content (AvgIpc) is 3.02. The number of carbonyl (C=O) groups excluding carboxylic acids is 2. The second-order valence-corrected chi connectivity index (χ2v) is 7.83. The van der Waals surface area contributed by atoms with Gasteiger partial charge >= 0.3 is 0 Å². The zero-order valence-corrected chi connectivity index (χ0v) is 15.3. The van der Waals surface area contributed by atoms with Gasteiger partial charge in [-0.1, -0.05) is 23.9 Å². The number of hydrogen-bond acceptors (Lipinski definition) is 6. The van der Waals surface area contributed by atoms with Crippen molar-refractivity contribution in [3.63, 3.8) is 0 Å². The second-order valence-electron chi connectivity index (χ2n) is 6.90. The molecular formula is C18H22N4O3S. The maximum Gasteiger partial charge on any atom is 0.257 e. The fraction of sp³-hybridized carbons (Fsp3) is 0.500. The lowest BCUT2D eigenvalue weighted by Gasteiger charge is -2.47. The second kappa shape index (κ2) is 7.28. The van der Waals surface area contributed by atoms with Crippen molar-refractivity contribution in [1.29, 1.82) is 0 Å². The zero-order chi connectivity index (χ0) is 18.1. The van der Waals surface area contributed by atoms with Crippen LogP contribution < -0.4 is 5.73 Å². The lowest BCUT2D eigenvalue weighted by molar-refractivity contribution is -0.136. The molecule has 0 radical (unpaired) electrons. The number of amides is 2. The predicted octanol–water partition coefficient (Wildman–Crippen LogP) is 1.33. The molecule has 2 amide bonds. The number of benzene rings is 1. The number of aromatic nitrogens is 1. The van der Waals surface area contributed by atoms with Gasteiger partial charge in [-0.25, -0.2) is 4.98 Å². The van der Waals surface area contributed by atoms with Gasteiger partial charge in [-0.05, 0) is 38.1 Å². The molecule has 4 rings (SSSR count). The van der Waals surface area contributed by atoms with E-state index in [1.54, 1.807) is 0 Å². The lowest BCUT2D eigenvalue weighted by Crippen LogP contribution is -2.62. The first-order valence-electron chi connectivity index (χ1n) is 8.89. The molecule has 3 heterocycles. The first-order valence-corrected chi connectivity index (χ1v) is 9.88. The summed E-state index contributed by atoms with van der Waals surface area (Å²) in [4.78, 5) is 32.2. The third-order valence-electron chi connectivity index (χ3n) is 5.26. The summed E-state index contributed by atoms with van der Waals surface area (Å²) in [5.41, 5.74) is 6.93. The molecule has 0 saturated carbocycles. The van der Waals surface area contributed by atoms with Crippen molar-refractivity contribution in [2.45, 2.75) is 24.1 Å². The minimum atomic E-state index is -0.189. The van der Waals surface area contributed by atoms with E-state index in [0.29, 0.717) is 17.0 Å². The molecule has 0 bridgehead atoms. The summed E-state index contributed by atoms with van der Waals surface area (Å²) in [6, 6.07) is 7.99. The first-order chi connectivity index (χ1) is 12.6. The maximum atomic E-state index is 12.3. The molecule has 138 valence electrons. The van der Waals surface area contributed by atoms with Gasteiger partial charge in [-0.2, -0.15) is 0 Å². The fourth-order valence-corrected chi connectivity index (χ4v) is 4.31. The first kappa shape index (κ1) is 17.4. The third-order valence-corrected chi connectivity index (χ3v) is 6.07. The molecule has 2 fully saturated rings. The van der Waals surface area contributed by atoms with Crippen molar-refractivity contribution in [1.82, 2.24) is 14.8 Å². The van der Waals surface area contributed by atoms with Gasteiger partial charge in [0.25, 0.3) is 5.22 Å². The Labute approximate surface area is 155 Å². The van der Waals surface area contributed by atoms with Crippen molar-refractivity contribution < 1.29 is 14.0 Å². The topological polar surface area (TPSA) is 92.7 Å². The summed E-state index contributed by atoms with van der Waals surface area (Å²) in [6.45, 7) is 3.29. The molecule has 0 unspecified atom stereocenters. The van der Waals surface area contributed by atoms with E-state index < -0.39 is 0 Å². The number of rotatable bonds is 5. The zero-order valence-electron chi connectivity index (χ0n) is 14.5. The Bertz CT molecular complexity index is 777. The van der Waals surface area contributed by atoms with E-state index in [9.17, 15) is 9.59 Å². The summed E-state index contributed by atoms with van der Waals surface area (Å²) in [7, 11) is 0. The van der Waals surface area contributed by atoms with Crippen LogP contribution in [-0.4, -0.2) is 64.6 Å². The molecule has 2 saturated heterocycles. The molecule has 2 aromatic rings. The Balaban J connectivity index is 1.22. The molecule has 0 atom stereocenters. The van der Waals surface area contributed by atoms with E-state index in [4.69, 9.17) is 10.2 Å². The normalized spacial score (nSPS) is 19.6. The maximum absolute atomic E-state index is 12.3. The Morgan fingerprint density at radius 3 is 2.65 bits per heavy atom. The fourth-order valence-electron chi connectivity index (χ4n) is 3.57. The summed E-state index contributed by atoms with van der Waals surface area (Å²) < 4.78 is 5.63. The number of thioether (sulfide) groups is 1. The molecule has 2 N–H and O–H groups in total. The number of piperidine rings is 1. The van der Waals surface area contributed by atoms with Crippen LogP contribution in [0, 0.1) is 5.92 Å². The van der Waals surface area contributed by atoms with Gasteiger partial charge in [-0.15, -0.1) is 0 Å². The number of oxazole rings is 1. The summed E-state index contributed by atoms with van der Waals surface area (Å²) >= 11 is 1.34. The largest absolute Gasteiger partial charge is 0.431 e. The van der Waals surface area contributed by atoms with Gasteiger partial charge in [0.2, 0.25) is 11.8 Å². The predicted molar refractivity (Wildman–Crippen MR) is 98.6 cm³/mol. The average molecular weight is 374 g/mol. The van der Waals surface area contributed by atoms with Crippen LogP contribution in [0.1, 0.15) is 12.8 Å². The third kappa shape index (κ3) is 3.57. The smallest absolute Gasteiger partial charge is 0.257 e. The number of likely N-dealkylation sites (tertiary alicyclic amines) is 2. The number of fused-ring (bicyclic) bond motifs is 1. The molecule has 1 aromatic carbocycles. The molecule has 0 spiro atoms. The Kier molecular flexibility index (Phi) is 4.86. The van der Waals surface area contributed by atoms with Crippen LogP contribution in [0.25, 0.3) is 11.1 Å². The summed E-state index contributed by atoms with van der Waals surface area (Å²) in [5.74, 6) is 0.270. The van der Waals surface area contributed by atoms with Crippen LogP contribution in [-0.2, 0) is 9.59 Å². The summed E-state index contributed by atoms with van der Waals surface area (Å²) in [6.07, 6.45) is 1.65. The van der Waals surface area contributed by atoms with Crippen LogP contribution in [0.2, 0.25) is 0 Å². The standard InChI is InChI=1S/C18H22N4O3S/c19-17(24)12-5-7-21(8-6-12)13-9-22(10-13)16(23)11-26-18-20-14-3-1-2-4-15(14)25-18/h1-4,12-13H,5-11H2,(H2,19,24). The van der Waals surface area contributed by atoms with Crippen LogP contribution in [0.3, 0.4) is 0 Å². The van der Waals surface area contributed by atoms with E-state index >= 15 is 0 Å². The highest BCUT2D eigenvalue weighted by atomic mass is 32.2. The minimum absolute atomic E-state index is 0.0109. The van der Waals surface area contributed by atoms with Gasteiger partial charge in [0.1, 0.15) is 5.52 Å². The van der Waals surface area contributed by atoms with Gasteiger partial charge in [0, 0.05) is 25.0 Å². The van der Waals surface area contributed by atoms with Crippen molar-refractivity contribution in [3.05, 3.63) is 24.3 Å². The van der Waals surface area contributed by atoms with Crippen LogP contribution in [0.15, 0.2) is 33.9 Å². The quantitative estimate of drug-likeness (QED) is 0.794. The van der Waals surface area contributed by atoms with Crippen molar-refractivity contribution in [2.24, 2.45) is 11.7 Å². The Morgan fingerprint density at radius 2 is 1.96 bits per heavy atom. The molecule has 8 heteroatoms. The highest BCUT2D eigenvalue weighted by Crippen LogP contribution is 2.26. The number of nitrogens with two attached hydrogens (primary N) is 1. The van der Waals surface area contributed by atoms with Crippen molar-refractivity contribution >= 4 is 34.7 Å². The molecule has 0 aliphatic carbocycles. The van der Waals surface area contributed by atoms with Gasteiger partial charge < -0.3 is 15.1 Å². The number of hydrogen-bond donors (Lipinski definition) is 1. The number of primary amides is 1. The van der Waals surface area contributed by atoms with E-state index in [0.717, 1.165) is 50.1 Å². The van der Waals surface area contributed by atoms with Crippen molar-refractivity contribution in [2.75, 3.05) is 31.9 Å². The number of carbonyl (C=O) groups is 2. The van der Waals surface area contributed by atoms with E-state index in [1.165, 1.54) is 11.8 Å². The lowest BCUT2D eigenvalue weighted by atomic mass is 9.94. The van der Waals surface area contributed by atoms with E-state index in [-0.39, 0.29) is 17.7 Å². The highest BCUT2D eigenvalue weighted by Gasteiger charge is 2.36.